The maximum Gasteiger partial charge on any atom is 0.292 e. The summed E-state index contributed by atoms with van der Waals surface area (Å²) >= 11 is 0. The second-order valence-electron chi connectivity index (χ2n) is 9.69. The highest BCUT2D eigenvalue weighted by atomic mass is 19.3. The molecule has 44 heavy (non-hydrogen) atoms. The SMILES string of the molecule is N#Cc1ccc(COc2c#cc(C#Cc3ccc(C(F)(F)CC(O)(Cn4cnnn4)c4ccc(F)cc4F)nc3)cc2)cc1. The summed E-state index contributed by atoms with van der Waals surface area (Å²) in [6, 6.07) is 22.7. The van der Waals surface area contributed by atoms with Crippen molar-refractivity contribution >= 4 is 0 Å². The number of rotatable bonds is 9. The third-order valence-electron chi connectivity index (χ3n) is 6.44. The molecule has 1 unspecified atom stereocenters. The molecule has 3 aromatic carbocycles. The van der Waals surface area contributed by atoms with Gasteiger partial charge in [0.25, 0.3) is 5.92 Å². The number of aromatic nitrogens is 5. The van der Waals surface area contributed by atoms with E-state index in [0.717, 1.165) is 41.0 Å². The van der Waals surface area contributed by atoms with Crippen LogP contribution in [0.1, 0.15) is 39.9 Å². The summed E-state index contributed by atoms with van der Waals surface area (Å²) in [5.41, 5.74) is -1.53. The molecule has 0 aliphatic rings. The van der Waals surface area contributed by atoms with E-state index in [4.69, 9.17) is 10.00 Å². The normalized spacial score (nSPS) is 12.3. The average molecular weight is 597 g/mol. The highest BCUT2D eigenvalue weighted by Gasteiger charge is 2.46. The van der Waals surface area contributed by atoms with E-state index in [-0.39, 0.29) is 6.61 Å². The summed E-state index contributed by atoms with van der Waals surface area (Å²) in [7, 11) is 0. The lowest BCUT2D eigenvalue weighted by Gasteiger charge is -2.32. The molecule has 0 aliphatic carbocycles. The van der Waals surface area contributed by atoms with Gasteiger partial charge in [-0.15, -0.1) is 5.10 Å². The van der Waals surface area contributed by atoms with Crippen LogP contribution in [0, 0.1) is 46.9 Å². The maximum atomic E-state index is 15.5. The fourth-order valence-corrected chi connectivity index (χ4v) is 4.27. The molecular weight excluding hydrogens is 576 g/mol. The van der Waals surface area contributed by atoms with Crippen LogP contribution in [0.15, 0.2) is 79.3 Å². The molecule has 2 aromatic heterocycles. The van der Waals surface area contributed by atoms with E-state index in [2.05, 4.69) is 50.6 Å². The summed E-state index contributed by atoms with van der Waals surface area (Å²) in [5, 5.41) is 30.5. The number of tetrazole rings is 1. The Balaban J connectivity index is 1.26. The first-order chi connectivity index (χ1) is 21.1. The zero-order valence-electron chi connectivity index (χ0n) is 22.7. The van der Waals surface area contributed by atoms with E-state index in [1.54, 1.807) is 36.4 Å². The molecule has 0 bridgehead atoms. The number of hydrogen-bond acceptors (Lipinski definition) is 7. The molecule has 5 aromatic rings. The zero-order chi connectivity index (χ0) is 31.2. The Kier molecular flexibility index (Phi) is 8.52. The Morgan fingerprint density at radius 2 is 1.75 bits per heavy atom. The summed E-state index contributed by atoms with van der Waals surface area (Å²) < 4.78 is 65.7. The molecular formula is C32H20F4N6O2. The maximum absolute atomic E-state index is 15.5. The van der Waals surface area contributed by atoms with Crippen molar-refractivity contribution < 1.29 is 27.4 Å². The van der Waals surface area contributed by atoms with Crippen molar-refractivity contribution in [3.8, 4) is 23.7 Å². The van der Waals surface area contributed by atoms with Gasteiger partial charge in [0.15, 0.2) is 5.75 Å². The van der Waals surface area contributed by atoms with Crippen LogP contribution in [0.2, 0.25) is 0 Å². The van der Waals surface area contributed by atoms with Crippen LogP contribution in [0.4, 0.5) is 17.6 Å². The molecule has 5 rings (SSSR count). The van der Waals surface area contributed by atoms with Crippen LogP contribution in [-0.4, -0.2) is 30.3 Å². The summed E-state index contributed by atoms with van der Waals surface area (Å²) in [6.45, 7) is -0.355. The molecule has 2 heterocycles. The Labute approximate surface area is 249 Å². The highest BCUT2D eigenvalue weighted by molar-refractivity contribution is 5.42. The fraction of sp³-hybridized carbons (Fsp3) is 0.156. The number of alkyl halides is 2. The molecule has 0 amide bonds. The molecule has 0 saturated heterocycles. The Bertz CT molecular complexity index is 1830. The van der Waals surface area contributed by atoms with Crippen LogP contribution >= 0.6 is 0 Å². The molecule has 0 aliphatic heterocycles. The van der Waals surface area contributed by atoms with Gasteiger partial charge in [-0.05, 0) is 70.6 Å². The first-order valence-electron chi connectivity index (χ1n) is 12.9. The van der Waals surface area contributed by atoms with Crippen LogP contribution in [0.25, 0.3) is 0 Å². The minimum absolute atomic E-state index is 0.275. The first kappa shape index (κ1) is 29.7. The van der Waals surface area contributed by atoms with Crippen LogP contribution < -0.4 is 4.74 Å². The minimum Gasteiger partial charge on any atom is -0.481 e. The minimum atomic E-state index is -3.74. The molecule has 0 radical (unpaired) electrons. The van der Waals surface area contributed by atoms with Gasteiger partial charge < -0.3 is 9.84 Å². The van der Waals surface area contributed by atoms with E-state index in [0.29, 0.717) is 28.5 Å². The van der Waals surface area contributed by atoms with E-state index < -0.39 is 47.4 Å². The van der Waals surface area contributed by atoms with E-state index in [1.165, 1.54) is 6.07 Å². The van der Waals surface area contributed by atoms with Crippen LogP contribution in [-0.2, 0) is 24.7 Å². The van der Waals surface area contributed by atoms with E-state index in [9.17, 15) is 13.9 Å². The lowest BCUT2D eigenvalue weighted by atomic mass is 9.86. The Morgan fingerprint density at radius 1 is 0.955 bits per heavy atom. The van der Waals surface area contributed by atoms with Crippen molar-refractivity contribution in [3.05, 3.63) is 137 Å². The number of halogens is 4. The van der Waals surface area contributed by atoms with Crippen molar-refractivity contribution in [2.45, 2.75) is 31.1 Å². The smallest absolute Gasteiger partial charge is 0.292 e. The number of nitriles is 1. The topological polar surface area (TPSA) is 110 Å². The molecule has 12 heteroatoms. The highest BCUT2D eigenvalue weighted by Crippen LogP contribution is 2.41. The molecule has 0 spiro atoms. The van der Waals surface area contributed by atoms with Gasteiger partial charge >= 0.3 is 0 Å². The van der Waals surface area contributed by atoms with Crippen molar-refractivity contribution in [1.82, 2.24) is 25.2 Å². The molecule has 218 valence electrons. The lowest BCUT2D eigenvalue weighted by Crippen LogP contribution is -2.38. The van der Waals surface area contributed by atoms with Crippen molar-refractivity contribution in [3.63, 3.8) is 0 Å². The van der Waals surface area contributed by atoms with Crippen LogP contribution in [0.5, 0.6) is 5.75 Å². The molecule has 8 nitrogen and oxygen atoms in total. The van der Waals surface area contributed by atoms with Gasteiger partial charge in [-0.25, -0.2) is 13.5 Å². The Morgan fingerprint density at radius 3 is 2.39 bits per heavy atom. The molecule has 0 saturated carbocycles. The largest absolute Gasteiger partial charge is 0.481 e. The van der Waals surface area contributed by atoms with Gasteiger partial charge in [0.2, 0.25) is 0 Å². The Hall–Kier alpha value is -5.77. The van der Waals surface area contributed by atoms with Gasteiger partial charge in [-0.2, -0.15) is 14.0 Å². The number of aliphatic hydroxyl groups is 1. The summed E-state index contributed by atoms with van der Waals surface area (Å²) in [6.07, 6.45) is 0.919. The second kappa shape index (κ2) is 12.6. The van der Waals surface area contributed by atoms with Gasteiger partial charge in [0.05, 0.1) is 30.2 Å². The van der Waals surface area contributed by atoms with Crippen molar-refractivity contribution in [2.24, 2.45) is 0 Å². The summed E-state index contributed by atoms with van der Waals surface area (Å²) in [5.74, 6) is 0.218. The number of pyridine rings is 1. The van der Waals surface area contributed by atoms with Gasteiger partial charge in [-0.3, -0.25) is 4.98 Å². The predicted molar refractivity (Wildman–Crippen MR) is 146 cm³/mol. The van der Waals surface area contributed by atoms with E-state index in [1.807, 2.05) is 0 Å². The lowest BCUT2D eigenvalue weighted by molar-refractivity contribution is -0.110. The molecule has 1 atom stereocenters. The quantitative estimate of drug-likeness (QED) is 0.191. The van der Waals surface area contributed by atoms with Gasteiger partial charge in [-0.1, -0.05) is 30.0 Å². The van der Waals surface area contributed by atoms with E-state index >= 15 is 8.78 Å². The number of benzene rings is 2. The number of ether oxygens (including phenoxy) is 1. The monoisotopic (exact) mass is 596 g/mol. The first-order valence-corrected chi connectivity index (χ1v) is 12.9. The second-order valence-corrected chi connectivity index (χ2v) is 9.69. The average Bonchev–Trinajstić information content (AvgIpc) is 3.52. The third-order valence-corrected chi connectivity index (χ3v) is 6.44. The van der Waals surface area contributed by atoms with Gasteiger partial charge in [0.1, 0.15) is 35.9 Å². The molecule has 0 fully saturated rings. The number of hydrogen-bond donors (Lipinski definition) is 1. The fourth-order valence-electron chi connectivity index (χ4n) is 4.27. The van der Waals surface area contributed by atoms with Gasteiger partial charge in [0, 0.05) is 23.4 Å². The third kappa shape index (κ3) is 7.16. The van der Waals surface area contributed by atoms with Crippen molar-refractivity contribution in [2.75, 3.05) is 0 Å². The van der Waals surface area contributed by atoms with Crippen LogP contribution in [0.3, 0.4) is 0 Å². The predicted octanol–water partition coefficient (Wildman–Crippen LogP) is 4.87. The zero-order valence-corrected chi connectivity index (χ0v) is 22.7. The number of nitrogens with zero attached hydrogens (tertiary/aromatic N) is 6. The standard InChI is InChI=1S/C32H20F4N6O2/c33-26-10-13-28(29(34)15-26)31(43,20-42-21-39-40-41-42)19-32(35,36)30-14-9-24(17-38-30)4-1-22-7-11-27(12-8-22)44-18-25-5-2-23(16-37)3-6-25/h2-3,5-7,9-11,13-15,17,21,43H,18-20H2. The molecule has 1 N–H and O–H groups in total. The van der Waals surface area contributed by atoms with Crippen molar-refractivity contribution in [1.29, 1.82) is 5.26 Å². The summed E-state index contributed by atoms with van der Waals surface area (Å²) in [4.78, 5) is 3.83.